The van der Waals surface area contributed by atoms with E-state index < -0.39 is 0 Å². The first-order valence-corrected chi connectivity index (χ1v) is 11.1. The van der Waals surface area contributed by atoms with E-state index in [0.717, 1.165) is 50.2 Å². The number of amides is 1. The third-order valence-corrected chi connectivity index (χ3v) is 6.01. The summed E-state index contributed by atoms with van der Waals surface area (Å²) >= 11 is 0. The highest BCUT2D eigenvalue weighted by molar-refractivity contribution is 5.80. The molecule has 0 saturated carbocycles. The van der Waals surface area contributed by atoms with Gasteiger partial charge in [0, 0.05) is 45.0 Å². The summed E-state index contributed by atoms with van der Waals surface area (Å²) in [6.07, 6.45) is 0.905. The summed E-state index contributed by atoms with van der Waals surface area (Å²) in [6.45, 7) is 8.31. The van der Waals surface area contributed by atoms with E-state index in [1.165, 1.54) is 5.69 Å². The molecule has 164 valence electrons. The first kappa shape index (κ1) is 21.2. The van der Waals surface area contributed by atoms with Crippen molar-refractivity contribution < 1.29 is 4.79 Å². The fraction of sp³-hybridized carbons (Fsp3) is 0.417. The molecule has 1 aromatic heterocycles. The zero-order valence-corrected chi connectivity index (χ0v) is 18.2. The summed E-state index contributed by atoms with van der Waals surface area (Å²) in [5.41, 5.74) is 2.84. The van der Waals surface area contributed by atoms with Crippen LogP contribution in [0.5, 0.6) is 0 Å². The minimum Gasteiger partial charge on any atom is -0.369 e. The number of carbonyl (C=O) groups excluding carboxylic acids is 1. The van der Waals surface area contributed by atoms with E-state index in [0.29, 0.717) is 13.1 Å². The zero-order valence-electron chi connectivity index (χ0n) is 18.2. The van der Waals surface area contributed by atoms with Crippen molar-refractivity contribution in [3.05, 3.63) is 65.1 Å². The predicted molar refractivity (Wildman–Crippen MR) is 125 cm³/mol. The van der Waals surface area contributed by atoms with Crippen LogP contribution in [0.3, 0.4) is 0 Å². The normalized spacial score (nSPS) is 14.8. The molecule has 4 rings (SSSR count). The van der Waals surface area contributed by atoms with Gasteiger partial charge < -0.3 is 10.2 Å². The van der Waals surface area contributed by atoms with Gasteiger partial charge in [0.1, 0.15) is 6.54 Å². The lowest BCUT2D eigenvalue weighted by molar-refractivity contribution is -0.121. The monoisotopic (exact) mass is 421 g/mol. The lowest BCUT2D eigenvalue weighted by Gasteiger charge is -2.36. The Morgan fingerprint density at radius 1 is 0.903 bits per heavy atom. The van der Waals surface area contributed by atoms with Crippen molar-refractivity contribution in [3.63, 3.8) is 0 Å². The lowest BCUT2D eigenvalue weighted by atomic mass is 10.2. The van der Waals surface area contributed by atoms with E-state index >= 15 is 0 Å². The number of imidazole rings is 1. The van der Waals surface area contributed by atoms with Crippen LogP contribution < -0.4 is 15.9 Å². The summed E-state index contributed by atoms with van der Waals surface area (Å²) in [6, 6.07) is 18.2. The molecule has 3 aromatic rings. The van der Waals surface area contributed by atoms with E-state index in [4.69, 9.17) is 0 Å². The Morgan fingerprint density at radius 2 is 1.55 bits per heavy atom. The van der Waals surface area contributed by atoms with Gasteiger partial charge in [-0.1, -0.05) is 30.3 Å². The molecule has 31 heavy (non-hydrogen) atoms. The summed E-state index contributed by atoms with van der Waals surface area (Å²) in [5, 5.41) is 2.98. The molecule has 1 aliphatic rings. The van der Waals surface area contributed by atoms with Crippen LogP contribution in [0, 0.1) is 0 Å². The van der Waals surface area contributed by atoms with Crippen LogP contribution in [0.4, 0.5) is 5.69 Å². The number of hydrogen-bond acceptors (Lipinski definition) is 4. The summed E-state index contributed by atoms with van der Waals surface area (Å²) in [4.78, 5) is 30.0. The van der Waals surface area contributed by atoms with Gasteiger partial charge in [-0.2, -0.15) is 0 Å². The van der Waals surface area contributed by atoms with Crippen LogP contribution >= 0.6 is 0 Å². The molecule has 0 unspecified atom stereocenters. The van der Waals surface area contributed by atoms with Gasteiger partial charge in [-0.15, -0.1) is 0 Å². The number of carbonyl (C=O) groups is 1. The van der Waals surface area contributed by atoms with Gasteiger partial charge in [-0.25, -0.2) is 4.79 Å². The van der Waals surface area contributed by atoms with Gasteiger partial charge in [-0.3, -0.25) is 18.8 Å². The Bertz CT molecular complexity index is 1060. The Balaban J connectivity index is 1.22. The highest BCUT2D eigenvalue weighted by atomic mass is 16.2. The van der Waals surface area contributed by atoms with Crippen LogP contribution in [0.2, 0.25) is 0 Å². The minimum absolute atomic E-state index is 0.0576. The molecule has 7 heteroatoms. The van der Waals surface area contributed by atoms with Crippen molar-refractivity contribution in [1.29, 1.82) is 0 Å². The number of para-hydroxylation sites is 3. The van der Waals surface area contributed by atoms with Gasteiger partial charge in [0.2, 0.25) is 5.91 Å². The SMILES string of the molecule is CCn1c(=O)n(CC(=O)NCCCN2CCN(c3ccccc3)CC2)c2ccccc21. The van der Waals surface area contributed by atoms with Crippen molar-refractivity contribution in [2.24, 2.45) is 0 Å². The third-order valence-electron chi connectivity index (χ3n) is 6.01. The number of aryl methyl sites for hydroxylation is 1. The average Bonchev–Trinajstić information content (AvgIpc) is 3.08. The van der Waals surface area contributed by atoms with E-state index in [2.05, 4.69) is 39.4 Å². The number of hydrogen-bond donors (Lipinski definition) is 1. The maximum absolute atomic E-state index is 12.7. The molecular formula is C24H31N5O2. The molecule has 1 N–H and O–H groups in total. The van der Waals surface area contributed by atoms with E-state index in [1.807, 2.05) is 37.3 Å². The Morgan fingerprint density at radius 3 is 2.23 bits per heavy atom. The van der Waals surface area contributed by atoms with Gasteiger partial charge >= 0.3 is 5.69 Å². The number of piperazine rings is 1. The van der Waals surface area contributed by atoms with Gasteiger partial charge in [0.25, 0.3) is 0 Å². The van der Waals surface area contributed by atoms with Gasteiger partial charge in [0.05, 0.1) is 11.0 Å². The number of anilines is 1. The molecule has 0 spiro atoms. The fourth-order valence-electron chi connectivity index (χ4n) is 4.33. The number of nitrogens with zero attached hydrogens (tertiary/aromatic N) is 4. The Labute approximate surface area is 182 Å². The molecule has 1 aliphatic heterocycles. The van der Waals surface area contributed by atoms with Crippen LogP contribution in [-0.4, -0.2) is 59.2 Å². The second-order valence-electron chi connectivity index (χ2n) is 7.97. The molecule has 0 atom stereocenters. The van der Waals surface area contributed by atoms with Crippen LogP contribution in [-0.2, 0) is 17.9 Å². The minimum atomic E-state index is -0.130. The largest absolute Gasteiger partial charge is 0.369 e. The van der Waals surface area contributed by atoms with E-state index in [9.17, 15) is 9.59 Å². The maximum Gasteiger partial charge on any atom is 0.329 e. The molecule has 7 nitrogen and oxygen atoms in total. The summed E-state index contributed by atoms with van der Waals surface area (Å²) < 4.78 is 3.27. The second kappa shape index (κ2) is 9.83. The van der Waals surface area contributed by atoms with Gasteiger partial charge in [-0.05, 0) is 44.2 Å². The van der Waals surface area contributed by atoms with Crippen molar-refractivity contribution in [2.45, 2.75) is 26.4 Å². The second-order valence-corrected chi connectivity index (χ2v) is 7.97. The van der Waals surface area contributed by atoms with Crippen molar-refractivity contribution in [2.75, 3.05) is 44.2 Å². The smallest absolute Gasteiger partial charge is 0.329 e. The molecule has 1 saturated heterocycles. The molecule has 2 heterocycles. The number of aromatic nitrogens is 2. The topological polar surface area (TPSA) is 62.5 Å². The average molecular weight is 422 g/mol. The predicted octanol–water partition coefficient (Wildman–Crippen LogP) is 2.15. The van der Waals surface area contributed by atoms with Gasteiger partial charge in [0.15, 0.2) is 0 Å². The Kier molecular flexibility index (Phi) is 6.72. The van der Waals surface area contributed by atoms with Crippen LogP contribution in [0.1, 0.15) is 13.3 Å². The van der Waals surface area contributed by atoms with Crippen molar-refractivity contribution in [3.8, 4) is 0 Å². The molecule has 0 aliphatic carbocycles. The first-order chi connectivity index (χ1) is 15.2. The zero-order chi connectivity index (χ0) is 21.6. The molecule has 0 bridgehead atoms. The lowest BCUT2D eigenvalue weighted by Crippen LogP contribution is -2.47. The quantitative estimate of drug-likeness (QED) is 0.566. The molecule has 0 radical (unpaired) electrons. The molecule has 2 aromatic carbocycles. The standard InChI is InChI=1S/C24H31N5O2/c1-2-28-21-11-6-7-12-22(21)29(24(28)31)19-23(30)25-13-8-14-26-15-17-27(18-16-26)20-9-4-3-5-10-20/h3-7,9-12H,2,8,13-19H2,1H3,(H,25,30). The maximum atomic E-state index is 12.7. The van der Waals surface area contributed by atoms with Crippen molar-refractivity contribution in [1.82, 2.24) is 19.4 Å². The van der Waals surface area contributed by atoms with Crippen LogP contribution in [0.15, 0.2) is 59.4 Å². The first-order valence-electron chi connectivity index (χ1n) is 11.1. The fourth-order valence-corrected chi connectivity index (χ4v) is 4.33. The highest BCUT2D eigenvalue weighted by Gasteiger charge is 2.17. The summed E-state index contributed by atoms with van der Waals surface area (Å²) in [7, 11) is 0. The molecule has 1 fully saturated rings. The Hall–Kier alpha value is -3.06. The third kappa shape index (κ3) is 4.82. The van der Waals surface area contributed by atoms with E-state index in [-0.39, 0.29) is 18.1 Å². The number of nitrogens with one attached hydrogen (secondary N) is 1. The highest BCUT2D eigenvalue weighted by Crippen LogP contribution is 2.15. The summed E-state index contributed by atoms with van der Waals surface area (Å²) in [5.74, 6) is -0.116. The number of rotatable bonds is 8. The van der Waals surface area contributed by atoms with Crippen LogP contribution in [0.25, 0.3) is 11.0 Å². The molecular weight excluding hydrogens is 390 g/mol. The van der Waals surface area contributed by atoms with Crippen molar-refractivity contribution >= 4 is 22.6 Å². The molecule has 1 amide bonds. The van der Waals surface area contributed by atoms with E-state index in [1.54, 1.807) is 9.13 Å². The number of fused-ring (bicyclic) bond motifs is 1. The number of benzene rings is 2.